The second kappa shape index (κ2) is 18.2. The number of aromatic nitrogens is 1. The molecule has 0 bridgehead atoms. The van der Waals surface area contributed by atoms with Gasteiger partial charge in [0.25, 0.3) is 5.91 Å². The molecule has 0 unspecified atom stereocenters. The Bertz CT molecular complexity index is 2360. The van der Waals surface area contributed by atoms with Crippen molar-refractivity contribution < 1.29 is 28.4 Å². The summed E-state index contributed by atoms with van der Waals surface area (Å²) in [7, 11) is 4.35. The molecule has 2 N–H and O–H groups in total. The van der Waals surface area contributed by atoms with Gasteiger partial charge in [-0.25, -0.2) is 4.79 Å². The lowest BCUT2D eigenvalue weighted by atomic mass is 9.86. The maximum absolute atomic E-state index is 13.6. The van der Waals surface area contributed by atoms with E-state index in [1.54, 1.807) is 49.7 Å². The fourth-order valence-electron chi connectivity index (χ4n) is 7.14. The van der Waals surface area contributed by atoms with Gasteiger partial charge in [-0.2, -0.15) is 0 Å². The van der Waals surface area contributed by atoms with Gasteiger partial charge in [-0.15, -0.1) is 0 Å². The third-order valence-electron chi connectivity index (χ3n) is 10.6. The summed E-state index contributed by atoms with van der Waals surface area (Å²) in [5.41, 5.74) is 3.90. The summed E-state index contributed by atoms with van der Waals surface area (Å²) in [5, 5.41) is 8.10. The first-order chi connectivity index (χ1) is 28.0. The number of anilines is 2. The van der Waals surface area contributed by atoms with E-state index in [-0.39, 0.29) is 11.3 Å². The Morgan fingerprint density at radius 3 is 2.24 bits per heavy atom. The second-order valence-electron chi connectivity index (χ2n) is 16.6. The number of methoxy groups -OCH3 is 2. The lowest BCUT2D eigenvalue weighted by molar-refractivity contribution is 0.0759. The number of likely N-dealkylation sites (N-methyl/N-ethyl adjacent to an activating group) is 2. The van der Waals surface area contributed by atoms with Crippen LogP contribution in [0.2, 0.25) is 0 Å². The first-order valence-corrected chi connectivity index (χ1v) is 22.5. The van der Waals surface area contributed by atoms with Crippen LogP contribution in [-0.2, 0) is 16.4 Å². The number of amides is 3. The average Bonchev–Trinajstić information content (AvgIpc) is 3.20. The van der Waals surface area contributed by atoms with E-state index in [0.29, 0.717) is 58.2 Å². The minimum atomic E-state index is -2.75. The van der Waals surface area contributed by atoms with Crippen LogP contribution in [-0.4, -0.2) is 113 Å². The van der Waals surface area contributed by atoms with Gasteiger partial charge in [-0.05, 0) is 85.5 Å². The molecule has 1 aliphatic heterocycles. The molecule has 0 atom stereocenters. The minimum Gasteiger partial charge on any atom is -0.497 e. The van der Waals surface area contributed by atoms with Gasteiger partial charge in [0.05, 0.1) is 30.9 Å². The van der Waals surface area contributed by atoms with Crippen LogP contribution >= 0.6 is 7.14 Å². The number of piperazine rings is 1. The average molecular weight is 821 g/mol. The van der Waals surface area contributed by atoms with Crippen molar-refractivity contribution in [2.45, 2.75) is 32.6 Å². The van der Waals surface area contributed by atoms with Crippen molar-refractivity contribution >= 4 is 46.5 Å². The summed E-state index contributed by atoms with van der Waals surface area (Å²) in [5.74, 6) is 2.12. The first kappa shape index (κ1) is 43.2. The van der Waals surface area contributed by atoms with Crippen molar-refractivity contribution in [1.82, 2.24) is 19.7 Å². The third kappa shape index (κ3) is 10.8. The van der Waals surface area contributed by atoms with Crippen LogP contribution < -0.4 is 30.1 Å². The summed E-state index contributed by atoms with van der Waals surface area (Å²) in [4.78, 5) is 38.3. The highest BCUT2D eigenvalue weighted by Crippen LogP contribution is 2.43. The van der Waals surface area contributed by atoms with Gasteiger partial charge in [-0.1, -0.05) is 45.0 Å². The van der Waals surface area contributed by atoms with Crippen LogP contribution in [0.25, 0.3) is 10.8 Å². The van der Waals surface area contributed by atoms with E-state index >= 15 is 0 Å². The van der Waals surface area contributed by atoms with Crippen molar-refractivity contribution in [3.8, 4) is 23.0 Å². The van der Waals surface area contributed by atoms with E-state index in [0.717, 1.165) is 60.3 Å². The second-order valence-corrected chi connectivity index (χ2v) is 19.8. The molecule has 6 rings (SSSR count). The van der Waals surface area contributed by atoms with Crippen molar-refractivity contribution in [1.29, 1.82) is 0 Å². The quantitative estimate of drug-likeness (QED) is 0.113. The summed E-state index contributed by atoms with van der Waals surface area (Å²) in [6, 6.07) is 23.9. The molecule has 5 aromatic rings. The van der Waals surface area contributed by atoms with Crippen molar-refractivity contribution in [3.05, 3.63) is 107 Å². The Labute approximate surface area is 348 Å². The predicted molar refractivity (Wildman–Crippen MR) is 238 cm³/mol. The highest BCUT2D eigenvalue weighted by atomic mass is 31.2. The van der Waals surface area contributed by atoms with Crippen molar-refractivity contribution in [3.63, 3.8) is 0 Å². The van der Waals surface area contributed by atoms with Crippen LogP contribution in [0.3, 0.4) is 0 Å². The van der Waals surface area contributed by atoms with Gasteiger partial charge in [0.15, 0.2) is 5.75 Å². The number of hydrogen-bond acceptors (Lipinski definition) is 9. The molecule has 4 aromatic carbocycles. The molecule has 0 saturated carbocycles. The lowest BCUT2D eigenvalue weighted by Crippen LogP contribution is -2.47. The zero-order valence-corrected chi connectivity index (χ0v) is 36.6. The number of nitrogens with zero attached hydrogens (tertiary/aromatic N) is 4. The molecule has 59 heavy (non-hydrogen) atoms. The van der Waals surface area contributed by atoms with Gasteiger partial charge >= 0.3 is 6.03 Å². The van der Waals surface area contributed by atoms with E-state index in [1.807, 2.05) is 67.7 Å². The number of pyridine rings is 1. The molecular weight excluding hydrogens is 764 g/mol. The third-order valence-corrected chi connectivity index (χ3v) is 12.1. The number of nitrogens with one attached hydrogen (secondary N) is 2. The number of hydrogen-bond donors (Lipinski definition) is 2. The first-order valence-electron chi connectivity index (χ1n) is 19.9. The lowest BCUT2D eigenvalue weighted by Gasteiger charge is -2.33. The number of ether oxygens (including phenoxy) is 3. The molecule has 2 heterocycles. The fourth-order valence-corrected chi connectivity index (χ4v) is 8.29. The number of rotatable bonds is 13. The smallest absolute Gasteiger partial charge is 0.323 e. The number of benzene rings is 4. The van der Waals surface area contributed by atoms with Crippen LogP contribution in [0.1, 0.15) is 48.0 Å². The van der Waals surface area contributed by atoms with E-state index < -0.39 is 13.2 Å². The van der Waals surface area contributed by atoms with Gasteiger partial charge < -0.3 is 39.2 Å². The zero-order valence-electron chi connectivity index (χ0n) is 35.7. The van der Waals surface area contributed by atoms with Crippen molar-refractivity contribution in [2.24, 2.45) is 0 Å². The van der Waals surface area contributed by atoms with Gasteiger partial charge in [0.2, 0.25) is 0 Å². The molecule has 1 saturated heterocycles. The molecule has 0 radical (unpaired) electrons. The number of fused-ring (bicyclic) bond motifs is 1. The highest BCUT2D eigenvalue weighted by molar-refractivity contribution is 7.70. The zero-order chi connectivity index (χ0) is 42.5. The summed E-state index contributed by atoms with van der Waals surface area (Å²) in [6.07, 6.45) is 2.16. The number of carbonyl (C=O) groups is 2. The Kier molecular flexibility index (Phi) is 13.3. The minimum absolute atomic E-state index is 0.0558. The maximum atomic E-state index is 13.6. The van der Waals surface area contributed by atoms with Crippen LogP contribution in [0, 0.1) is 0 Å². The summed E-state index contributed by atoms with van der Waals surface area (Å²) < 4.78 is 31.1. The molecule has 0 aliphatic carbocycles. The molecular formula is C46H57N6O6P. The summed E-state index contributed by atoms with van der Waals surface area (Å²) >= 11 is 0. The SMILES string of the molecule is COc1cc(Cc2cc(Oc3ccc(NC(=O)Nc4cc(C(C)(C)C)cc(P(C)(C)=O)c4OC)c4ccccc34)ccn2)cc(C(=O)N(C)CCN2CCN(C)CC2)c1. The standard InChI is InChI=1S/C46H57N6O6P/c1-46(2,3)33-28-40(43(57-7)42(29-33)59(8,9)55)49-45(54)48-39-14-15-41(38-13-11-10-12-37(38)39)58-35-16-17-47-34(30-35)25-31-24-32(27-36(26-31)56-6)44(53)51(5)20-23-52-21-18-50(4)19-22-52/h10-17,24,26-30H,18-23,25H2,1-9H3,(H2,48,49,54). The largest absolute Gasteiger partial charge is 0.497 e. The van der Waals surface area contributed by atoms with Gasteiger partial charge in [0.1, 0.15) is 24.4 Å². The molecule has 3 amide bonds. The Hall–Kier alpha value is -5.42. The summed E-state index contributed by atoms with van der Waals surface area (Å²) in [6.45, 7) is 15.1. The molecule has 312 valence electrons. The van der Waals surface area contributed by atoms with E-state index in [4.69, 9.17) is 14.2 Å². The van der Waals surface area contributed by atoms with E-state index in [9.17, 15) is 14.2 Å². The van der Waals surface area contributed by atoms with Gasteiger partial charge in [0, 0.05) is 87.0 Å². The van der Waals surface area contributed by atoms with Crippen LogP contribution in [0.15, 0.2) is 85.1 Å². The monoisotopic (exact) mass is 820 g/mol. The Morgan fingerprint density at radius 2 is 1.56 bits per heavy atom. The molecule has 1 aliphatic rings. The molecule has 1 fully saturated rings. The molecule has 0 spiro atoms. The number of urea groups is 1. The van der Waals surface area contributed by atoms with E-state index in [1.165, 1.54) is 7.11 Å². The number of carbonyl (C=O) groups excluding carboxylic acids is 2. The Morgan fingerprint density at radius 1 is 0.847 bits per heavy atom. The normalized spacial score (nSPS) is 13.8. The Balaban J connectivity index is 1.17. The predicted octanol–water partition coefficient (Wildman–Crippen LogP) is 8.14. The van der Waals surface area contributed by atoms with Gasteiger partial charge in [-0.3, -0.25) is 14.7 Å². The molecule has 12 nitrogen and oxygen atoms in total. The maximum Gasteiger partial charge on any atom is 0.323 e. The highest BCUT2D eigenvalue weighted by Gasteiger charge is 2.26. The van der Waals surface area contributed by atoms with E-state index in [2.05, 4.69) is 53.2 Å². The molecule has 1 aromatic heterocycles. The fraction of sp³-hybridized carbons (Fsp3) is 0.370. The van der Waals surface area contributed by atoms with Crippen LogP contribution in [0.5, 0.6) is 23.0 Å². The van der Waals surface area contributed by atoms with Crippen LogP contribution in [0.4, 0.5) is 16.2 Å². The van der Waals surface area contributed by atoms with Crippen molar-refractivity contribution in [2.75, 3.05) is 91.5 Å². The topological polar surface area (TPSA) is 126 Å². The molecule has 13 heteroatoms.